The van der Waals surface area contributed by atoms with Gasteiger partial charge in [0.05, 0.1) is 15.7 Å². The zero-order valence-corrected chi connectivity index (χ0v) is 13.0. The Balaban J connectivity index is 3.13. The van der Waals surface area contributed by atoms with Crippen LogP contribution in [0.3, 0.4) is 0 Å². The molecule has 0 amide bonds. The Kier molecular flexibility index (Phi) is 5.85. The van der Waals surface area contributed by atoms with E-state index in [4.69, 9.17) is 34.8 Å². The van der Waals surface area contributed by atoms with Gasteiger partial charge in [-0.15, -0.1) is 0 Å². The molecule has 6 heteroatoms. The standard InChI is InChI=1S/C13H13Cl3N2O/c1-8(7-19)13(16)17-9(2)18(3)11-6-4-5-10(14)12(11)15/h4-7H,1-3H3/b13-8-,17-9-. The third kappa shape index (κ3) is 3.96. The van der Waals surface area contributed by atoms with E-state index in [1.165, 1.54) is 0 Å². The van der Waals surface area contributed by atoms with Gasteiger partial charge in [0.15, 0.2) is 0 Å². The van der Waals surface area contributed by atoms with Crippen molar-refractivity contribution in [2.45, 2.75) is 13.8 Å². The minimum Gasteiger partial charge on any atom is -0.332 e. The molecule has 0 N–H and O–H groups in total. The van der Waals surface area contributed by atoms with E-state index in [-0.39, 0.29) is 5.16 Å². The summed E-state index contributed by atoms with van der Waals surface area (Å²) in [6.07, 6.45) is 0.658. The summed E-state index contributed by atoms with van der Waals surface area (Å²) in [4.78, 5) is 16.5. The van der Waals surface area contributed by atoms with Gasteiger partial charge in [-0.1, -0.05) is 40.9 Å². The molecule has 0 aromatic heterocycles. The zero-order chi connectivity index (χ0) is 14.6. The SMILES string of the molecule is C/C(=N/C(Cl)=C(/C)C=O)N(C)c1cccc(Cl)c1Cl. The lowest BCUT2D eigenvalue weighted by molar-refractivity contribution is -0.104. The maximum Gasteiger partial charge on any atom is 0.148 e. The van der Waals surface area contributed by atoms with Crippen molar-refractivity contribution in [3.63, 3.8) is 0 Å². The Morgan fingerprint density at radius 2 is 1.95 bits per heavy atom. The van der Waals surface area contributed by atoms with Crippen molar-refractivity contribution in [3.05, 3.63) is 39.0 Å². The Bertz CT molecular complexity index is 553. The molecule has 1 aromatic carbocycles. The van der Waals surface area contributed by atoms with E-state index >= 15 is 0 Å². The van der Waals surface area contributed by atoms with Gasteiger partial charge in [-0.25, -0.2) is 4.99 Å². The molecule has 0 aliphatic carbocycles. The molecule has 1 aromatic rings. The van der Waals surface area contributed by atoms with Crippen LogP contribution in [0.1, 0.15) is 13.8 Å². The van der Waals surface area contributed by atoms with Crippen LogP contribution < -0.4 is 4.90 Å². The van der Waals surface area contributed by atoms with E-state index < -0.39 is 0 Å². The van der Waals surface area contributed by atoms with Gasteiger partial charge in [0.25, 0.3) is 0 Å². The molecule has 19 heavy (non-hydrogen) atoms. The van der Waals surface area contributed by atoms with Crippen molar-refractivity contribution < 1.29 is 4.79 Å². The van der Waals surface area contributed by atoms with Gasteiger partial charge in [0.1, 0.15) is 17.3 Å². The monoisotopic (exact) mass is 318 g/mol. The van der Waals surface area contributed by atoms with Gasteiger partial charge in [-0.2, -0.15) is 0 Å². The van der Waals surface area contributed by atoms with Crippen molar-refractivity contribution in [2.24, 2.45) is 4.99 Å². The van der Waals surface area contributed by atoms with E-state index in [9.17, 15) is 4.79 Å². The van der Waals surface area contributed by atoms with Crippen molar-refractivity contribution in [3.8, 4) is 0 Å². The summed E-state index contributed by atoms with van der Waals surface area (Å²) in [5.74, 6) is 0.593. The first-order chi connectivity index (χ1) is 8.88. The number of anilines is 1. The number of hydrogen-bond acceptors (Lipinski definition) is 2. The summed E-state index contributed by atoms with van der Waals surface area (Å²) in [5, 5.41) is 1.05. The van der Waals surface area contributed by atoms with Crippen LogP contribution in [0.2, 0.25) is 10.0 Å². The van der Waals surface area contributed by atoms with E-state index in [2.05, 4.69) is 4.99 Å². The molecule has 102 valence electrons. The van der Waals surface area contributed by atoms with Crippen molar-refractivity contribution in [1.29, 1.82) is 0 Å². The van der Waals surface area contributed by atoms with Crippen molar-refractivity contribution in [2.75, 3.05) is 11.9 Å². The average molecular weight is 320 g/mol. The second-order valence-corrected chi connectivity index (χ2v) is 5.03. The maximum atomic E-state index is 10.6. The van der Waals surface area contributed by atoms with Gasteiger partial charge in [-0.3, -0.25) is 4.79 Å². The van der Waals surface area contributed by atoms with E-state index in [0.717, 1.165) is 0 Å². The summed E-state index contributed by atoms with van der Waals surface area (Å²) < 4.78 is 0. The quantitative estimate of drug-likeness (QED) is 0.270. The van der Waals surface area contributed by atoms with E-state index in [1.54, 1.807) is 37.9 Å². The maximum absolute atomic E-state index is 10.6. The Morgan fingerprint density at radius 3 is 2.53 bits per heavy atom. The summed E-state index contributed by atoms with van der Waals surface area (Å²) in [7, 11) is 1.79. The highest BCUT2D eigenvalue weighted by atomic mass is 35.5. The molecule has 0 saturated carbocycles. The number of carbonyl (C=O) groups is 1. The Hall–Kier alpha value is -1.03. The van der Waals surface area contributed by atoms with Crippen LogP contribution in [0.15, 0.2) is 33.9 Å². The number of nitrogens with zero attached hydrogens (tertiary/aromatic N) is 2. The Morgan fingerprint density at radius 1 is 1.32 bits per heavy atom. The fourth-order valence-electron chi connectivity index (χ4n) is 1.28. The molecule has 3 nitrogen and oxygen atoms in total. The van der Waals surface area contributed by atoms with Crippen LogP contribution in [0.25, 0.3) is 0 Å². The third-order valence-corrected chi connectivity index (χ3v) is 3.73. The van der Waals surface area contributed by atoms with Crippen molar-refractivity contribution in [1.82, 2.24) is 0 Å². The number of halogens is 3. The number of hydrogen-bond donors (Lipinski definition) is 0. The topological polar surface area (TPSA) is 32.7 Å². The summed E-state index contributed by atoms with van der Waals surface area (Å²) in [5.41, 5.74) is 1.08. The number of allylic oxidation sites excluding steroid dienone is 1. The largest absolute Gasteiger partial charge is 0.332 e. The smallest absolute Gasteiger partial charge is 0.148 e. The van der Waals surface area contributed by atoms with Crippen LogP contribution >= 0.6 is 34.8 Å². The first kappa shape index (κ1) is 16.0. The van der Waals surface area contributed by atoms with Gasteiger partial charge in [0.2, 0.25) is 0 Å². The third-order valence-electron chi connectivity index (χ3n) is 2.54. The number of rotatable bonds is 3. The zero-order valence-electron chi connectivity index (χ0n) is 10.7. The van der Waals surface area contributed by atoms with Gasteiger partial charge in [0, 0.05) is 12.6 Å². The van der Waals surface area contributed by atoms with Crippen molar-refractivity contribution >= 4 is 52.6 Å². The second-order valence-electron chi connectivity index (χ2n) is 3.88. The fourth-order valence-corrected chi connectivity index (χ4v) is 1.87. The number of benzene rings is 1. The van der Waals surface area contributed by atoms with E-state index in [1.807, 2.05) is 6.07 Å². The van der Waals surface area contributed by atoms with E-state index in [0.29, 0.717) is 33.4 Å². The highest BCUT2D eigenvalue weighted by molar-refractivity contribution is 6.44. The molecule has 0 spiro atoms. The number of carbonyl (C=O) groups excluding carboxylic acids is 1. The molecule has 0 radical (unpaired) electrons. The van der Waals surface area contributed by atoms with Crippen LogP contribution in [-0.2, 0) is 4.79 Å². The fraction of sp³-hybridized carbons (Fsp3) is 0.231. The molecule has 1 rings (SSSR count). The van der Waals surface area contributed by atoms with Gasteiger partial charge < -0.3 is 4.90 Å². The number of aliphatic imine (C=N–C) groups is 1. The first-order valence-electron chi connectivity index (χ1n) is 5.43. The normalized spacial score (nSPS) is 13.1. The summed E-state index contributed by atoms with van der Waals surface area (Å²) >= 11 is 18.0. The number of amidine groups is 1. The number of aldehydes is 1. The minimum absolute atomic E-state index is 0.150. The second kappa shape index (κ2) is 6.94. The average Bonchev–Trinajstić information content (AvgIpc) is 2.39. The van der Waals surface area contributed by atoms with Gasteiger partial charge >= 0.3 is 0 Å². The molecular weight excluding hydrogens is 307 g/mol. The molecular formula is C13H13Cl3N2O. The molecule has 0 atom stereocenters. The molecule has 0 aliphatic heterocycles. The van der Waals surface area contributed by atoms with Crippen LogP contribution in [-0.4, -0.2) is 19.2 Å². The molecule has 0 saturated heterocycles. The molecule has 0 heterocycles. The lowest BCUT2D eigenvalue weighted by Gasteiger charge is -2.20. The molecule has 0 aliphatic rings. The van der Waals surface area contributed by atoms with Crippen LogP contribution in [0.5, 0.6) is 0 Å². The van der Waals surface area contributed by atoms with Crippen LogP contribution in [0.4, 0.5) is 5.69 Å². The lowest BCUT2D eigenvalue weighted by atomic mass is 10.3. The Labute approximate surface area is 127 Å². The minimum atomic E-state index is 0.150. The van der Waals surface area contributed by atoms with Gasteiger partial charge in [-0.05, 0) is 26.0 Å². The first-order valence-corrected chi connectivity index (χ1v) is 6.56. The summed E-state index contributed by atoms with van der Waals surface area (Å²) in [6, 6.07) is 5.32. The van der Waals surface area contributed by atoms with Crippen LogP contribution in [0, 0.1) is 0 Å². The lowest BCUT2D eigenvalue weighted by Crippen LogP contribution is -2.23. The highest BCUT2D eigenvalue weighted by Gasteiger charge is 2.11. The summed E-state index contributed by atoms with van der Waals surface area (Å²) in [6.45, 7) is 3.36. The highest BCUT2D eigenvalue weighted by Crippen LogP contribution is 2.32. The predicted molar refractivity (Wildman–Crippen MR) is 82.6 cm³/mol. The molecule has 0 fully saturated rings. The molecule has 0 bridgehead atoms. The molecule has 0 unspecified atom stereocenters. The predicted octanol–water partition coefficient (Wildman–Crippen LogP) is 4.52.